The number of carbonyl (C=O) groups is 1. The van der Waals surface area contributed by atoms with Gasteiger partial charge >= 0.3 is 6.09 Å². The van der Waals surface area contributed by atoms with Gasteiger partial charge < -0.3 is 57.4 Å². The van der Waals surface area contributed by atoms with E-state index in [1.54, 1.807) is 6.08 Å². The maximum Gasteiger partial charge on any atom is 0.407 e. The molecule has 8 rings (SSSR count). The molecule has 3 aliphatic rings. The first-order valence-electron chi connectivity index (χ1n) is 22.8. The van der Waals surface area contributed by atoms with E-state index in [0.29, 0.717) is 0 Å². The molecule has 69 heavy (non-hydrogen) atoms. The van der Waals surface area contributed by atoms with Crippen molar-refractivity contribution in [3.05, 3.63) is 192 Å². The number of alkyl carbamates (subject to hydrolysis) is 1. The number of hydrogen-bond donors (Lipinski definition) is 1. The first kappa shape index (κ1) is 51.0. The molecule has 0 bridgehead atoms. The molecule has 16 heteroatoms. The quantitative estimate of drug-likeness (QED) is 0.0555. The topological polar surface area (TPSA) is 131 Å². The van der Waals surface area contributed by atoms with Crippen LogP contribution in [0.1, 0.15) is 34.1 Å². The van der Waals surface area contributed by atoms with Gasteiger partial charge in [0.15, 0.2) is 18.9 Å². The van der Waals surface area contributed by atoms with Crippen LogP contribution in [0.5, 0.6) is 0 Å². The van der Waals surface area contributed by atoms with E-state index in [-0.39, 0.29) is 46.2 Å². The number of fused-ring (bicyclic) bond motifs is 1. The second kappa shape index (κ2) is 25.6. The SMILES string of the molecule is C=CCO[C@H]1OC(COCc2ccccc2)[C@@H](O[C@@H]2OC3COC(c4ccccc4)O[C@H]3C(OCc3ccccc3)C2OCc2ccccc2)C(OCc2ccccc2)C1NC(=O)OCC(Cl)(Cl)Cl. The molecular formula is C53H56Cl3NO12. The lowest BCUT2D eigenvalue weighted by Crippen LogP contribution is -2.69. The lowest BCUT2D eigenvalue weighted by Gasteiger charge is -2.51. The minimum Gasteiger partial charge on any atom is -0.445 e. The molecule has 0 aliphatic carbocycles. The number of benzene rings is 5. The van der Waals surface area contributed by atoms with E-state index in [1.165, 1.54) is 0 Å². The lowest BCUT2D eigenvalue weighted by atomic mass is 9.94. The molecule has 13 nitrogen and oxygen atoms in total. The van der Waals surface area contributed by atoms with Gasteiger partial charge in [-0.25, -0.2) is 4.79 Å². The molecule has 3 heterocycles. The zero-order valence-electron chi connectivity index (χ0n) is 37.8. The molecule has 3 saturated heterocycles. The van der Waals surface area contributed by atoms with E-state index >= 15 is 0 Å². The fourth-order valence-corrected chi connectivity index (χ4v) is 8.47. The van der Waals surface area contributed by atoms with Gasteiger partial charge in [0, 0.05) is 5.56 Å². The lowest BCUT2D eigenvalue weighted by molar-refractivity contribution is -0.391. The Bertz CT molecular complexity index is 2290. The van der Waals surface area contributed by atoms with Gasteiger partial charge in [0.2, 0.25) is 3.79 Å². The third-order valence-corrected chi connectivity index (χ3v) is 11.9. The minimum atomic E-state index is -1.88. The summed E-state index contributed by atoms with van der Waals surface area (Å²) in [6.45, 7) is 4.22. The summed E-state index contributed by atoms with van der Waals surface area (Å²) >= 11 is 18.0. The van der Waals surface area contributed by atoms with E-state index in [9.17, 15) is 4.79 Å². The predicted octanol–water partition coefficient (Wildman–Crippen LogP) is 9.58. The summed E-state index contributed by atoms with van der Waals surface area (Å²) in [7, 11) is 0. The molecule has 3 fully saturated rings. The van der Waals surface area contributed by atoms with Crippen LogP contribution >= 0.6 is 34.8 Å². The molecule has 1 N–H and O–H groups in total. The summed E-state index contributed by atoms with van der Waals surface area (Å²) in [6.07, 6.45) is -8.46. The zero-order valence-corrected chi connectivity index (χ0v) is 40.0. The molecule has 5 aromatic carbocycles. The molecular weight excluding hydrogens is 949 g/mol. The van der Waals surface area contributed by atoms with Crippen LogP contribution in [0.4, 0.5) is 4.79 Å². The Morgan fingerprint density at radius 3 is 1.70 bits per heavy atom. The van der Waals surface area contributed by atoms with Gasteiger partial charge in [0.25, 0.3) is 0 Å². The minimum absolute atomic E-state index is 0.00361. The van der Waals surface area contributed by atoms with Gasteiger partial charge in [0.1, 0.15) is 55.4 Å². The molecule has 7 unspecified atom stereocenters. The summed E-state index contributed by atoms with van der Waals surface area (Å²) in [5, 5.41) is 2.87. The summed E-state index contributed by atoms with van der Waals surface area (Å²) in [5.74, 6) is 0. The molecule has 1 amide bonds. The van der Waals surface area contributed by atoms with Crippen LogP contribution in [-0.4, -0.2) is 97.7 Å². The van der Waals surface area contributed by atoms with Crippen molar-refractivity contribution in [3.8, 4) is 0 Å². The van der Waals surface area contributed by atoms with Gasteiger partial charge in [-0.2, -0.15) is 0 Å². The van der Waals surface area contributed by atoms with Crippen LogP contribution in [0.15, 0.2) is 164 Å². The fraction of sp³-hybridized carbons (Fsp3) is 0.377. The molecule has 0 spiro atoms. The standard InChI is InChI=1S/C53H56Cl3NO12/c1-2-28-60-50-43(57-52(58)65-35-53(54,55)56)46(61-30-37-20-10-4-11-21-37)44(41(66-50)33-59-29-36-18-8-3-9-19-36)69-51-48(63-32-39-24-14-6-15-25-39)47(62-31-38-22-12-5-13-23-38)45-42(67-51)34-64-49(68-45)40-26-16-7-17-27-40/h2-27,41-51H,1,28-35H2,(H,57,58)/t41?,42?,43?,44-,45-,46?,47?,48?,49?,50+,51+/m1/s1. The van der Waals surface area contributed by atoms with Crippen molar-refractivity contribution in [3.63, 3.8) is 0 Å². The summed E-state index contributed by atoms with van der Waals surface area (Å²) in [4.78, 5) is 13.6. The van der Waals surface area contributed by atoms with Crippen molar-refractivity contribution < 1.29 is 56.9 Å². The average Bonchev–Trinajstić information content (AvgIpc) is 3.38. The smallest absolute Gasteiger partial charge is 0.407 e. The van der Waals surface area contributed by atoms with Gasteiger partial charge in [-0.05, 0) is 22.3 Å². The monoisotopic (exact) mass is 1000 g/mol. The zero-order chi connectivity index (χ0) is 47.8. The first-order chi connectivity index (χ1) is 33.7. The van der Waals surface area contributed by atoms with E-state index in [2.05, 4.69) is 11.9 Å². The van der Waals surface area contributed by atoms with Crippen LogP contribution in [0, 0.1) is 0 Å². The summed E-state index contributed by atoms with van der Waals surface area (Å²) < 4.78 is 70.9. The van der Waals surface area contributed by atoms with Gasteiger partial charge in [-0.1, -0.05) is 193 Å². The third kappa shape index (κ3) is 14.8. The normalized spacial score (nSPS) is 26.9. The Kier molecular flexibility index (Phi) is 18.9. The number of ether oxygens (including phenoxy) is 11. The predicted molar refractivity (Wildman–Crippen MR) is 258 cm³/mol. The molecule has 366 valence electrons. The Hall–Kier alpha value is -4.42. The van der Waals surface area contributed by atoms with Crippen LogP contribution in [0.2, 0.25) is 0 Å². The Labute approximate surface area is 417 Å². The number of amides is 1. The van der Waals surface area contributed by atoms with Crippen molar-refractivity contribution >= 4 is 40.9 Å². The Balaban J connectivity index is 1.18. The molecule has 0 saturated carbocycles. The Morgan fingerprint density at radius 2 is 1.14 bits per heavy atom. The number of hydrogen-bond acceptors (Lipinski definition) is 12. The highest BCUT2D eigenvalue weighted by atomic mass is 35.6. The highest BCUT2D eigenvalue weighted by molar-refractivity contribution is 6.67. The number of halogens is 3. The average molecular weight is 1010 g/mol. The van der Waals surface area contributed by atoms with E-state index in [1.807, 2.05) is 152 Å². The maximum absolute atomic E-state index is 13.6. The number of alkyl halides is 3. The van der Waals surface area contributed by atoms with Gasteiger partial charge in [-0.15, -0.1) is 6.58 Å². The van der Waals surface area contributed by atoms with Crippen molar-refractivity contribution in [1.82, 2.24) is 5.32 Å². The molecule has 0 aromatic heterocycles. The summed E-state index contributed by atoms with van der Waals surface area (Å²) in [6, 6.07) is 47.6. The van der Waals surface area contributed by atoms with E-state index < -0.39 is 84.1 Å². The van der Waals surface area contributed by atoms with Crippen LogP contribution in [0.25, 0.3) is 0 Å². The van der Waals surface area contributed by atoms with Crippen molar-refractivity contribution in [2.24, 2.45) is 0 Å². The highest BCUT2D eigenvalue weighted by Crippen LogP contribution is 2.40. The number of rotatable bonds is 21. The molecule has 3 aliphatic heterocycles. The Morgan fingerprint density at radius 1 is 0.623 bits per heavy atom. The molecule has 5 aromatic rings. The molecule has 11 atom stereocenters. The largest absolute Gasteiger partial charge is 0.445 e. The van der Waals surface area contributed by atoms with Crippen LogP contribution in [-0.2, 0) is 78.5 Å². The van der Waals surface area contributed by atoms with Gasteiger partial charge in [-0.3, -0.25) is 0 Å². The van der Waals surface area contributed by atoms with Crippen molar-refractivity contribution in [2.45, 2.75) is 97.9 Å². The van der Waals surface area contributed by atoms with Crippen LogP contribution in [0.3, 0.4) is 0 Å². The summed E-state index contributed by atoms with van der Waals surface area (Å²) in [5.41, 5.74) is 4.48. The third-order valence-electron chi connectivity index (χ3n) is 11.6. The van der Waals surface area contributed by atoms with Gasteiger partial charge in [0.05, 0.1) is 46.2 Å². The maximum atomic E-state index is 13.6. The second-order valence-corrected chi connectivity index (χ2v) is 19.1. The molecule has 0 radical (unpaired) electrons. The van der Waals surface area contributed by atoms with E-state index in [0.717, 1.165) is 27.8 Å². The van der Waals surface area contributed by atoms with Crippen molar-refractivity contribution in [1.29, 1.82) is 0 Å². The van der Waals surface area contributed by atoms with Crippen LogP contribution < -0.4 is 5.32 Å². The second-order valence-electron chi connectivity index (χ2n) is 16.6. The van der Waals surface area contributed by atoms with Crippen molar-refractivity contribution in [2.75, 3.05) is 26.4 Å². The number of carbonyl (C=O) groups excluding carboxylic acids is 1. The van der Waals surface area contributed by atoms with E-state index in [4.69, 9.17) is 86.9 Å². The fourth-order valence-electron chi connectivity index (χ4n) is 8.31. The highest BCUT2D eigenvalue weighted by Gasteiger charge is 2.56. The number of nitrogens with one attached hydrogen (secondary N) is 1. The first-order valence-corrected chi connectivity index (χ1v) is 23.9.